The molecule has 1 aromatic carbocycles. The van der Waals surface area contributed by atoms with Crippen LogP contribution < -0.4 is 16.7 Å². The van der Waals surface area contributed by atoms with Gasteiger partial charge in [0.05, 0.1) is 10.6 Å². The molecular formula is C18H18N4O2S2. The molecule has 0 radical (unpaired) electrons. The molecule has 1 atom stereocenters. The number of nitrogens with two attached hydrogens (primary N) is 1. The molecule has 3 N–H and O–H groups in total. The Bertz CT molecular complexity index is 1020. The van der Waals surface area contributed by atoms with E-state index in [1.165, 1.54) is 23.1 Å². The van der Waals surface area contributed by atoms with E-state index in [4.69, 9.17) is 5.84 Å². The normalized spacial score (nSPS) is 15.1. The van der Waals surface area contributed by atoms with Crippen molar-refractivity contribution < 1.29 is 4.79 Å². The van der Waals surface area contributed by atoms with Crippen LogP contribution in [0, 0.1) is 0 Å². The van der Waals surface area contributed by atoms with E-state index >= 15 is 0 Å². The van der Waals surface area contributed by atoms with Crippen molar-refractivity contribution >= 4 is 39.2 Å². The molecule has 0 bridgehead atoms. The average Bonchev–Trinajstić information content (AvgIpc) is 3.36. The number of nitrogens with one attached hydrogen (secondary N) is 1. The largest absolute Gasteiger partial charge is 0.352 e. The van der Waals surface area contributed by atoms with Gasteiger partial charge in [0.1, 0.15) is 4.83 Å². The summed E-state index contributed by atoms with van der Waals surface area (Å²) in [4.78, 5) is 30.2. The Morgan fingerprint density at radius 1 is 1.38 bits per heavy atom. The van der Waals surface area contributed by atoms with Crippen LogP contribution in [0.3, 0.4) is 0 Å². The zero-order valence-electron chi connectivity index (χ0n) is 14.1. The highest BCUT2D eigenvalue weighted by molar-refractivity contribution is 8.00. The van der Waals surface area contributed by atoms with Crippen molar-refractivity contribution in [2.24, 2.45) is 0 Å². The van der Waals surface area contributed by atoms with E-state index in [1.807, 2.05) is 35.7 Å². The van der Waals surface area contributed by atoms with Crippen molar-refractivity contribution in [3.8, 4) is 11.1 Å². The molecule has 0 unspecified atom stereocenters. The number of amides is 1. The third kappa shape index (κ3) is 3.22. The van der Waals surface area contributed by atoms with Gasteiger partial charge >= 0.3 is 0 Å². The van der Waals surface area contributed by atoms with Crippen molar-refractivity contribution in [1.29, 1.82) is 0 Å². The van der Waals surface area contributed by atoms with Crippen molar-refractivity contribution in [2.45, 2.75) is 36.2 Å². The predicted molar refractivity (Wildman–Crippen MR) is 106 cm³/mol. The van der Waals surface area contributed by atoms with Gasteiger partial charge in [-0.25, -0.2) is 9.66 Å². The Morgan fingerprint density at radius 2 is 2.12 bits per heavy atom. The number of thioether (sulfide) groups is 1. The maximum atomic E-state index is 12.8. The fourth-order valence-electron chi connectivity index (χ4n) is 2.66. The maximum absolute atomic E-state index is 12.8. The molecule has 0 saturated heterocycles. The van der Waals surface area contributed by atoms with Crippen LogP contribution >= 0.6 is 23.1 Å². The van der Waals surface area contributed by atoms with Crippen LogP contribution in [0.25, 0.3) is 21.3 Å². The van der Waals surface area contributed by atoms with Crippen LogP contribution in [-0.4, -0.2) is 26.9 Å². The van der Waals surface area contributed by atoms with Crippen LogP contribution in [0.4, 0.5) is 0 Å². The van der Waals surface area contributed by atoms with Crippen LogP contribution in [0.2, 0.25) is 0 Å². The molecule has 1 aliphatic carbocycles. The van der Waals surface area contributed by atoms with Crippen LogP contribution in [0.5, 0.6) is 0 Å². The second-order valence-electron chi connectivity index (χ2n) is 6.31. The SMILES string of the molecule is C[C@@H](Sc1nc2scc(-c3ccccc3)c2c(=O)n1N)C(=O)NC1CC1. The van der Waals surface area contributed by atoms with Gasteiger partial charge in [-0.2, -0.15) is 0 Å². The van der Waals surface area contributed by atoms with Gasteiger partial charge in [-0.15, -0.1) is 11.3 Å². The Kier molecular flexibility index (Phi) is 4.46. The molecule has 3 aromatic rings. The number of rotatable bonds is 5. The molecule has 8 heteroatoms. The van der Waals surface area contributed by atoms with Gasteiger partial charge in [-0.3, -0.25) is 9.59 Å². The average molecular weight is 387 g/mol. The quantitative estimate of drug-likeness (QED) is 0.400. The number of benzene rings is 1. The second kappa shape index (κ2) is 6.77. The molecular weight excluding hydrogens is 368 g/mol. The summed E-state index contributed by atoms with van der Waals surface area (Å²) < 4.78 is 1.05. The van der Waals surface area contributed by atoms with Gasteiger partial charge in [-0.1, -0.05) is 42.1 Å². The third-order valence-electron chi connectivity index (χ3n) is 4.27. The molecule has 6 nitrogen and oxygen atoms in total. The summed E-state index contributed by atoms with van der Waals surface area (Å²) >= 11 is 2.61. The maximum Gasteiger partial charge on any atom is 0.282 e. The molecule has 26 heavy (non-hydrogen) atoms. The lowest BCUT2D eigenvalue weighted by atomic mass is 10.1. The summed E-state index contributed by atoms with van der Waals surface area (Å²) in [6.45, 7) is 1.79. The number of nitrogens with zero attached hydrogens (tertiary/aromatic N) is 2. The molecule has 2 heterocycles. The predicted octanol–water partition coefficient (Wildman–Crippen LogP) is 2.60. The zero-order valence-corrected chi connectivity index (χ0v) is 15.8. The van der Waals surface area contributed by atoms with Crippen LogP contribution in [0.15, 0.2) is 45.7 Å². The number of carbonyl (C=O) groups excluding carboxylic acids is 1. The number of hydrogen-bond acceptors (Lipinski definition) is 6. The summed E-state index contributed by atoms with van der Waals surface area (Å²) in [5.74, 6) is 5.96. The van der Waals surface area contributed by atoms with E-state index in [9.17, 15) is 9.59 Å². The number of fused-ring (bicyclic) bond motifs is 1. The summed E-state index contributed by atoms with van der Waals surface area (Å²) in [6.07, 6.45) is 2.07. The van der Waals surface area contributed by atoms with Crippen LogP contribution in [-0.2, 0) is 4.79 Å². The first-order chi connectivity index (χ1) is 12.5. The minimum absolute atomic E-state index is 0.0528. The Labute approximate surface area is 158 Å². The van der Waals surface area contributed by atoms with Crippen molar-refractivity contribution in [2.75, 3.05) is 5.84 Å². The first-order valence-corrected chi connectivity index (χ1v) is 10.1. The van der Waals surface area contributed by atoms with Gasteiger partial charge in [0.15, 0.2) is 5.16 Å². The number of aromatic nitrogens is 2. The lowest BCUT2D eigenvalue weighted by molar-refractivity contribution is -0.120. The molecule has 1 amide bonds. The lowest BCUT2D eigenvalue weighted by Crippen LogP contribution is -2.34. The van der Waals surface area contributed by atoms with E-state index in [1.54, 1.807) is 6.92 Å². The van der Waals surface area contributed by atoms with Gasteiger partial charge < -0.3 is 11.2 Å². The van der Waals surface area contributed by atoms with Crippen molar-refractivity contribution in [3.63, 3.8) is 0 Å². The Morgan fingerprint density at radius 3 is 2.81 bits per heavy atom. The lowest BCUT2D eigenvalue weighted by Gasteiger charge is -2.13. The second-order valence-corrected chi connectivity index (χ2v) is 8.47. The molecule has 0 spiro atoms. The Balaban J connectivity index is 1.68. The zero-order chi connectivity index (χ0) is 18.3. The number of carbonyl (C=O) groups is 1. The molecule has 1 aliphatic rings. The van der Waals surface area contributed by atoms with Crippen LogP contribution in [0.1, 0.15) is 19.8 Å². The van der Waals surface area contributed by atoms with Gasteiger partial charge in [-0.05, 0) is 25.3 Å². The highest BCUT2D eigenvalue weighted by Gasteiger charge is 2.27. The van der Waals surface area contributed by atoms with Crippen molar-refractivity contribution in [3.05, 3.63) is 46.1 Å². The molecule has 4 rings (SSSR count). The van der Waals surface area contributed by atoms with Gasteiger partial charge in [0, 0.05) is 17.0 Å². The third-order valence-corrected chi connectivity index (χ3v) is 6.21. The highest BCUT2D eigenvalue weighted by atomic mass is 32.2. The number of hydrogen-bond donors (Lipinski definition) is 2. The standard InChI is InChI=1S/C18H18N4O2S2/c1-10(15(23)20-12-7-8-12)26-18-21-16-14(17(24)22(18)19)13(9-25-16)11-5-3-2-4-6-11/h2-6,9-10,12H,7-8,19H2,1H3,(H,20,23)/t10-/m1/s1. The molecule has 0 aliphatic heterocycles. The minimum Gasteiger partial charge on any atom is -0.352 e. The fourth-order valence-corrected chi connectivity index (χ4v) is 4.48. The molecule has 134 valence electrons. The fraction of sp³-hybridized carbons (Fsp3) is 0.278. The van der Waals surface area contributed by atoms with E-state index in [0.29, 0.717) is 21.4 Å². The summed E-state index contributed by atoms with van der Waals surface area (Å²) in [5.41, 5.74) is 1.49. The Hall–Kier alpha value is -2.32. The first-order valence-electron chi connectivity index (χ1n) is 8.36. The summed E-state index contributed by atoms with van der Waals surface area (Å²) in [6, 6.07) is 9.99. The molecule has 2 aromatic heterocycles. The van der Waals surface area contributed by atoms with E-state index in [-0.39, 0.29) is 16.7 Å². The smallest absolute Gasteiger partial charge is 0.282 e. The number of thiophene rings is 1. The highest BCUT2D eigenvalue weighted by Crippen LogP contribution is 2.32. The van der Waals surface area contributed by atoms with E-state index in [2.05, 4.69) is 10.3 Å². The van der Waals surface area contributed by atoms with Gasteiger partial charge in [0.25, 0.3) is 5.56 Å². The summed E-state index contributed by atoms with van der Waals surface area (Å²) in [5, 5.41) is 5.37. The topological polar surface area (TPSA) is 90.0 Å². The monoisotopic (exact) mass is 386 g/mol. The van der Waals surface area contributed by atoms with Crippen molar-refractivity contribution in [1.82, 2.24) is 15.0 Å². The first kappa shape index (κ1) is 17.1. The van der Waals surface area contributed by atoms with E-state index < -0.39 is 0 Å². The molecule has 1 saturated carbocycles. The minimum atomic E-state index is -0.372. The number of nitrogen functional groups attached to an aromatic ring is 1. The molecule has 1 fully saturated rings. The summed E-state index contributed by atoms with van der Waals surface area (Å²) in [7, 11) is 0. The van der Waals surface area contributed by atoms with Gasteiger partial charge in [0.2, 0.25) is 5.91 Å². The van der Waals surface area contributed by atoms with E-state index in [0.717, 1.165) is 28.6 Å².